The molecule has 0 aliphatic carbocycles. The maximum absolute atomic E-state index is 12.6. The molecule has 154 valence electrons. The number of carbonyl (C=O) groups is 2. The quantitative estimate of drug-likeness (QED) is 0.463. The van der Waals surface area contributed by atoms with Crippen LogP contribution in [0.5, 0.6) is 11.5 Å². The molecule has 3 rings (SSSR count). The second kappa shape index (κ2) is 10.1. The minimum atomic E-state index is -0.465. The molecule has 2 amide bonds. The monoisotopic (exact) mass is 404 g/mol. The Morgan fingerprint density at radius 2 is 1.37 bits per heavy atom. The molecule has 0 atom stereocenters. The lowest BCUT2D eigenvalue weighted by atomic mass is 10.1. The lowest BCUT2D eigenvalue weighted by Gasteiger charge is -2.13. The molecule has 0 aromatic heterocycles. The van der Waals surface area contributed by atoms with E-state index in [1.807, 2.05) is 56.3 Å². The molecular weight excluding hydrogens is 380 g/mol. The molecule has 3 aromatic rings. The predicted octanol–water partition coefficient (Wildman–Crippen LogP) is 3.84. The van der Waals surface area contributed by atoms with Crippen molar-refractivity contribution in [2.75, 3.05) is 13.2 Å². The number of carbonyl (C=O) groups excluding carboxylic acids is 2. The number of nitrogens with one attached hydrogen (secondary N) is 2. The van der Waals surface area contributed by atoms with Gasteiger partial charge in [-0.05, 0) is 49.7 Å². The van der Waals surface area contributed by atoms with Crippen molar-refractivity contribution in [1.82, 2.24) is 10.9 Å². The largest absolute Gasteiger partial charge is 0.490 e. The Morgan fingerprint density at radius 1 is 0.733 bits per heavy atom. The standard InChI is InChI=1S/C24H24N2O4/c1-17-12-13-20(18(2)16-17)23(27)25-26-24(28)21-10-6-7-11-22(21)30-15-14-29-19-8-4-3-5-9-19/h3-13,16H,14-15H2,1-2H3,(H,25,27)(H,26,28). The number of para-hydroxylation sites is 2. The molecule has 0 bridgehead atoms. The highest BCUT2D eigenvalue weighted by Crippen LogP contribution is 2.18. The minimum absolute atomic E-state index is 0.272. The number of amides is 2. The fourth-order valence-electron chi connectivity index (χ4n) is 2.92. The first-order valence-electron chi connectivity index (χ1n) is 9.62. The van der Waals surface area contributed by atoms with Crippen molar-refractivity contribution in [3.63, 3.8) is 0 Å². The maximum Gasteiger partial charge on any atom is 0.273 e. The molecule has 30 heavy (non-hydrogen) atoms. The predicted molar refractivity (Wildman–Crippen MR) is 115 cm³/mol. The van der Waals surface area contributed by atoms with Crippen LogP contribution in [0.4, 0.5) is 0 Å². The molecule has 0 heterocycles. The van der Waals surface area contributed by atoms with E-state index in [1.165, 1.54) is 0 Å². The first-order valence-corrected chi connectivity index (χ1v) is 9.62. The Morgan fingerprint density at radius 3 is 2.10 bits per heavy atom. The van der Waals surface area contributed by atoms with Gasteiger partial charge < -0.3 is 9.47 Å². The van der Waals surface area contributed by atoms with E-state index in [9.17, 15) is 9.59 Å². The SMILES string of the molecule is Cc1ccc(C(=O)NNC(=O)c2ccccc2OCCOc2ccccc2)c(C)c1. The van der Waals surface area contributed by atoms with Crippen molar-refractivity contribution < 1.29 is 19.1 Å². The lowest BCUT2D eigenvalue weighted by molar-refractivity contribution is 0.0843. The Labute approximate surface area is 175 Å². The highest BCUT2D eigenvalue weighted by molar-refractivity contribution is 6.01. The van der Waals surface area contributed by atoms with Gasteiger partial charge in [0.25, 0.3) is 11.8 Å². The Hall–Kier alpha value is -3.80. The first kappa shape index (κ1) is 20.9. The van der Waals surface area contributed by atoms with Crippen LogP contribution in [0.15, 0.2) is 72.8 Å². The van der Waals surface area contributed by atoms with Crippen molar-refractivity contribution in [2.45, 2.75) is 13.8 Å². The third-order valence-corrected chi connectivity index (χ3v) is 4.40. The zero-order chi connectivity index (χ0) is 21.3. The Kier molecular flexibility index (Phi) is 7.05. The molecule has 0 aliphatic heterocycles. The summed E-state index contributed by atoms with van der Waals surface area (Å²) < 4.78 is 11.3. The number of ether oxygens (including phenoxy) is 2. The van der Waals surface area contributed by atoms with Crippen LogP contribution in [-0.2, 0) is 0 Å². The van der Waals surface area contributed by atoms with Crippen LogP contribution >= 0.6 is 0 Å². The second-order valence-corrected chi connectivity index (χ2v) is 6.73. The molecule has 0 aliphatic rings. The van der Waals surface area contributed by atoms with Crippen molar-refractivity contribution in [3.05, 3.63) is 95.1 Å². The van der Waals surface area contributed by atoms with Gasteiger partial charge in [-0.15, -0.1) is 0 Å². The summed E-state index contributed by atoms with van der Waals surface area (Å²) in [5.41, 5.74) is 7.62. The van der Waals surface area contributed by atoms with Gasteiger partial charge >= 0.3 is 0 Å². The number of hydrogen-bond acceptors (Lipinski definition) is 4. The first-order chi connectivity index (χ1) is 14.5. The van der Waals surface area contributed by atoms with Crippen molar-refractivity contribution in [1.29, 1.82) is 0 Å². The van der Waals surface area contributed by atoms with E-state index < -0.39 is 5.91 Å². The molecule has 6 nitrogen and oxygen atoms in total. The maximum atomic E-state index is 12.6. The van der Waals surface area contributed by atoms with Gasteiger partial charge in [0.05, 0.1) is 5.56 Å². The van der Waals surface area contributed by atoms with Crippen LogP contribution in [0.2, 0.25) is 0 Å². The lowest BCUT2D eigenvalue weighted by Crippen LogP contribution is -2.42. The molecule has 2 N–H and O–H groups in total. The van der Waals surface area contributed by atoms with Crippen LogP contribution in [0.1, 0.15) is 31.8 Å². The van der Waals surface area contributed by atoms with E-state index >= 15 is 0 Å². The normalized spacial score (nSPS) is 10.2. The highest BCUT2D eigenvalue weighted by atomic mass is 16.5. The topological polar surface area (TPSA) is 76.7 Å². The van der Waals surface area contributed by atoms with Gasteiger partial charge in [0.2, 0.25) is 0 Å². The van der Waals surface area contributed by atoms with Crippen LogP contribution in [-0.4, -0.2) is 25.0 Å². The molecule has 0 fully saturated rings. The number of hydrazine groups is 1. The van der Waals surface area contributed by atoms with E-state index in [0.717, 1.165) is 16.9 Å². The van der Waals surface area contributed by atoms with E-state index in [2.05, 4.69) is 10.9 Å². The smallest absolute Gasteiger partial charge is 0.273 e. The van der Waals surface area contributed by atoms with Crippen LogP contribution < -0.4 is 20.3 Å². The molecule has 0 saturated heterocycles. The molecule has 0 unspecified atom stereocenters. The molecule has 6 heteroatoms. The number of benzene rings is 3. The van der Waals surface area contributed by atoms with Gasteiger partial charge in [-0.25, -0.2) is 0 Å². The number of hydrogen-bond donors (Lipinski definition) is 2. The average molecular weight is 404 g/mol. The molecule has 0 radical (unpaired) electrons. The second-order valence-electron chi connectivity index (χ2n) is 6.73. The summed E-state index contributed by atoms with van der Waals surface area (Å²) in [6.07, 6.45) is 0. The van der Waals surface area contributed by atoms with Crippen LogP contribution in [0, 0.1) is 13.8 Å². The van der Waals surface area contributed by atoms with E-state index in [1.54, 1.807) is 30.3 Å². The van der Waals surface area contributed by atoms with Gasteiger partial charge in [0, 0.05) is 5.56 Å². The fourth-order valence-corrected chi connectivity index (χ4v) is 2.92. The van der Waals surface area contributed by atoms with Gasteiger partial charge in [-0.1, -0.05) is 48.0 Å². The van der Waals surface area contributed by atoms with Gasteiger partial charge in [-0.3, -0.25) is 20.4 Å². The summed E-state index contributed by atoms with van der Waals surface area (Å²) in [5.74, 6) is 0.317. The van der Waals surface area contributed by atoms with Gasteiger partial charge in [-0.2, -0.15) is 0 Å². The van der Waals surface area contributed by atoms with Gasteiger partial charge in [0.1, 0.15) is 24.7 Å². The van der Waals surface area contributed by atoms with Crippen molar-refractivity contribution in [2.24, 2.45) is 0 Å². The zero-order valence-corrected chi connectivity index (χ0v) is 17.0. The van der Waals surface area contributed by atoms with E-state index in [-0.39, 0.29) is 12.5 Å². The fraction of sp³-hybridized carbons (Fsp3) is 0.167. The Balaban J connectivity index is 1.55. The molecule has 0 saturated carbocycles. The molecular formula is C24H24N2O4. The average Bonchev–Trinajstić information content (AvgIpc) is 2.76. The van der Waals surface area contributed by atoms with Crippen LogP contribution in [0.3, 0.4) is 0 Å². The Bertz CT molecular complexity index is 1020. The summed E-state index contributed by atoms with van der Waals surface area (Å²) in [5, 5.41) is 0. The summed E-state index contributed by atoms with van der Waals surface area (Å²) in [4.78, 5) is 24.9. The zero-order valence-electron chi connectivity index (χ0n) is 17.0. The van der Waals surface area contributed by atoms with Crippen LogP contribution in [0.25, 0.3) is 0 Å². The molecule has 3 aromatic carbocycles. The molecule has 0 spiro atoms. The van der Waals surface area contributed by atoms with E-state index in [4.69, 9.17) is 9.47 Å². The van der Waals surface area contributed by atoms with E-state index in [0.29, 0.717) is 23.5 Å². The summed E-state index contributed by atoms with van der Waals surface area (Å²) in [7, 11) is 0. The third-order valence-electron chi connectivity index (χ3n) is 4.40. The number of rotatable bonds is 7. The van der Waals surface area contributed by atoms with Crippen molar-refractivity contribution >= 4 is 11.8 Å². The van der Waals surface area contributed by atoms with Gasteiger partial charge in [0.15, 0.2) is 0 Å². The summed E-state index contributed by atoms with van der Waals surface area (Å²) >= 11 is 0. The minimum Gasteiger partial charge on any atom is -0.490 e. The summed E-state index contributed by atoms with van der Waals surface area (Å²) in [6.45, 7) is 4.42. The number of aryl methyl sites for hydroxylation is 2. The van der Waals surface area contributed by atoms with Crippen molar-refractivity contribution in [3.8, 4) is 11.5 Å². The summed E-state index contributed by atoms with van der Waals surface area (Å²) in [6, 6.07) is 21.8. The third kappa shape index (κ3) is 5.61. The highest BCUT2D eigenvalue weighted by Gasteiger charge is 2.14.